The Hall–Kier alpha value is -2.69. The summed E-state index contributed by atoms with van der Waals surface area (Å²) in [6.07, 6.45) is 0. The van der Waals surface area contributed by atoms with Crippen LogP contribution in [0.4, 0.5) is 11.4 Å². The Bertz CT molecular complexity index is 614. The van der Waals surface area contributed by atoms with E-state index < -0.39 is 6.04 Å². The number of hydrogen-bond donors (Lipinski definition) is 2. The molecule has 1 atom stereocenters. The average Bonchev–Trinajstić information content (AvgIpc) is 2.54. The first-order valence-electron chi connectivity index (χ1n) is 6.49. The highest BCUT2D eigenvalue weighted by Crippen LogP contribution is 2.32. The van der Waals surface area contributed by atoms with Crippen molar-refractivity contribution in [2.75, 3.05) is 25.3 Å². The van der Waals surface area contributed by atoms with E-state index in [1.807, 2.05) is 30.3 Å². The van der Waals surface area contributed by atoms with Gasteiger partial charge in [-0.1, -0.05) is 36.4 Å². The summed E-state index contributed by atoms with van der Waals surface area (Å²) >= 11 is 0. The standard InChI is InChI=1S/C16H18N2O3/c1-20-13-10-6-9-12(14(13)17)18-15(16(19)21-2)11-7-4-3-5-8-11/h3-10,15,18H,17H2,1-2H3. The van der Waals surface area contributed by atoms with Crippen molar-refractivity contribution in [2.24, 2.45) is 0 Å². The van der Waals surface area contributed by atoms with Crippen LogP contribution < -0.4 is 15.8 Å². The molecule has 0 saturated carbocycles. The molecule has 0 saturated heterocycles. The molecule has 110 valence electrons. The van der Waals surface area contributed by atoms with Crippen molar-refractivity contribution in [3.63, 3.8) is 0 Å². The van der Waals surface area contributed by atoms with Crippen molar-refractivity contribution in [1.29, 1.82) is 0 Å². The summed E-state index contributed by atoms with van der Waals surface area (Å²) in [4.78, 5) is 12.0. The van der Waals surface area contributed by atoms with Crippen molar-refractivity contribution in [1.82, 2.24) is 0 Å². The van der Waals surface area contributed by atoms with Gasteiger partial charge in [-0.15, -0.1) is 0 Å². The summed E-state index contributed by atoms with van der Waals surface area (Å²) in [6, 6.07) is 14.0. The molecule has 0 aliphatic carbocycles. The molecular weight excluding hydrogens is 268 g/mol. The summed E-state index contributed by atoms with van der Waals surface area (Å²) < 4.78 is 10.0. The number of ether oxygens (including phenoxy) is 2. The first-order chi connectivity index (χ1) is 10.2. The second-order valence-electron chi connectivity index (χ2n) is 4.43. The van der Waals surface area contributed by atoms with Gasteiger partial charge in [-0.05, 0) is 17.7 Å². The number of nitrogens with two attached hydrogens (primary N) is 1. The van der Waals surface area contributed by atoms with E-state index in [9.17, 15) is 4.79 Å². The lowest BCUT2D eigenvalue weighted by atomic mass is 10.1. The molecule has 0 fully saturated rings. The zero-order valence-electron chi connectivity index (χ0n) is 12.0. The molecule has 2 aromatic rings. The van der Waals surface area contributed by atoms with Gasteiger partial charge in [0.25, 0.3) is 0 Å². The van der Waals surface area contributed by atoms with E-state index in [0.29, 0.717) is 17.1 Å². The van der Waals surface area contributed by atoms with Crippen LogP contribution >= 0.6 is 0 Å². The molecule has 0 aliphatic heterocycles. The molecular formula is C16H18N2O3. The fraction of sp³-hybridized carbons (Fsp3) is 0.188. The van der Waals surface area contributed by atoms with Gasteiger partial charge in [-0.25, -0.2) is 4.79 Å². The topological polar surface area (TPSA) is 73.6 Å². The van der Waals surface area contributed by atoms with Crippen LogP contribution in [-0.4, -0.2) is 20.2 Å². The first-order valence-corrected chi connectivity index (χ1v) is 6.49. The van der Waals surface area contributed by atoms with Gasteiger partial charge in [-0.3, -0.25) is 0 Å². The minimum atomic E-state index is -0.634. The highest BCUT2D eigenvalue weighted by atomic mass is 16.5. The van der Waals surface area contributed by atoms with Crippen LogP contribution in [0.1, 0.15) is 11.6 Å². The zero-order chi connectivity index (χ0) is 15.2. The Morgan fingerprint density at radius 3 is 2.43 bits per heavy atom. The fourth-order valence-electron chi connectivity index (χ4n) is 2.05. The van der Waals surface area contributed by atoms with Crippen LogP contribution in [0, 0.1) is 0 Å². The maximum atomic E-state index is 12.0. The molecule has 0 aromatic heterocycles. The number of carbonyl (C=O) groups is 1. The number of nitrogen functional groups attached to an aromatic ring is 1. The molecule has 0 heterocycles. The number of benzene rings is 2. The predicted molar refractivity (Wildman–Crippen MR) is 82.2 cm³/mol. The molecule has 2 rings (SSSR count). The van der Waals surface area contributed by atoms with E-state index in [4.69, 9.17) is 15.2 Å². The van der Waals surface area contributed by atoms with Crippen molar-refractivity contribution in [2.45, 2.75) is 6.04 Å². The predicted octanol–water partition coefficient (Wildman–Crippen LogP) is 2.60. The highest BCUT2D eigenvalue weighted by molar-refractivity contribution is 5.84. The zero-order valence-corrected chi connectivity index (χ0v) is 12.0. The summed E-state index contributed by atoms with van der Waals surface area (Å²) in [7, 11) is 2.90. The molecule has 5 nitrogen and oxygen atoms in total. The number of methoxy groups -OCH3 is 2. The lowest BCUT2D eigenvalue weighted by Crippen LogP contribution is -2.22. The summed E-state index contributed by atoms with van der Waals surface area (Å²) in [5.41, 5.74) is 7.89. The van der Waals surface area contributed by atoms with Crippen LogP contribution in [0.5, 0.6) is 5.75 Å². The van der Waals surface area contributed by atoms with Crippen LogP contribution in [0.25, 0.3) is 0 Å². The highest BCUT2D eigenvalue weighted by Gasteiger charge is 2.22. The van der Waals surface area contributed by atoms with Crippen LogP contribution in [0.3, 0.4) is 0 Å². The number of carbonyl (C=O) groups excluding carboxylic acids is 1. The maximum absolute atomic E-state index is 12.0. The number of nitrogens with one attached hydrogen (secondary N) is 1. The molecule has 0 amide bonds. The number of anilines is 2. The Balaban J connectivity index is 2.34. The van der Waals surface area contributed by atoms with Crippen molar-refractivity contribution < 1.29 is 14.3 Å². The Morgan fingerprint density at radius 2 is 1.81 bits per heavy atom. The van der Waals surface area contributed by atoms with Gasteiger partial charge in [0, 0.05) is 0 Å². The average molecular weight is 286 g/mol. The minimum Gasteiger partial charge on any atom is -0.495 e. The van der Waals surface area contributed by atoms with Crippen molar-refractivity contribution in [3.8, 4) is 5.75 Å². The van der Waals surface area contributed by atoms with Gasteiger partial charge in [-0.2, -0.15) is 0 Å². The molecule has 5 heteroatoms. The normalized spacial score (nSPS) is 11.5. The first kappa shape index (κ1) is 14.7. The maximum Gasteiger partial charge on any atom is 0.332 e. The van der Waals surface area contributed by atoms with Gasteiger partial charge in [0.1, 0.15) is 5.75 Å². The van der Waals surface area contributed by atoms with Gasteiger partial charge in [0.05, 0.1) is 25.6 Å². The summed E-state index contributed by atoms with van der Waals surface area (Å²) in [6.45, 7) is 0. The Labute approximate surface area is 123 Å². The van der Waals surface area contributed by atoms with E-state index in [-0.39, 0.29) is 5.97 Å². The molecule has 3 N–H and O–H groups in total. The SMILES string of the molecule is COC(=O)C(Nc1cccc(OC)c1N)c1ccccc1. The largest absolute Gasteiger partial charge is 0.495 e. The van der Waals surface area contributed by atoms with Crippen molar-refractivity contribution in [3.05, 3.63) is 54.1 Å². The molecule has 21 heavy (non-hydrogen) atoms. The second-order valence-corrected chi connectivity index (χ2v) is 4.43. The molecule has 0 spiro atoms. The van der Waals surface area contributed by atoms with Crippen molar-refractivity contribution >= 4 is 17.3 Å². The number of hydrogen-bond acceptors (Lipinski definition) is 5. The van der Waals surface area contributed by atoms with Gasteiger partial charge >= 0.3 is 5.97 Å². The second kappa shape index (κ2) is 6.65. The van der Waals surface area contributed by atoms with Crippen LogP contribution in [-0.2, 0) is 9.53 Å². The molecule has 0 bridgehead atoms. The fourth-order valence-corrected chi connectivity index (χ4v) is 2.05. The van der Waals surface area contributed by atoms with E-state index in [1.54, 1.807) is 25.3 Å². The third kappa shape index (κ3) is 3.25. The quantitative estimate of drug-likeness (QED) is 0.653. The van der Waals surface area contributed by atoms with E-state index in [2.05, 4.69) is 5.32 Å². The Kier molecular flexibility index (Phi) is 4.66. The monoisotopic (exact) mass is 286 g/mol. The Morgan fingerprint density at radius 1 is 1.10 bits per heavy atom. The van der Waals surface area contributed by atoms with E-state index >= 15 is 0 Å². The van der Waals surface area contributed by atoms with Gasteiger partial charge in [0.15, 0.2) is 6.04 Å². The molecule has 0 aliphatic rings. The third-order valence-electron chi connectivity index (χ3n) is 3.16. The van der Waals surface area contributed by atoms with Gasteiger partial charge in [0.2, 0.25) is 0 Å². The van der Waals surface area contributed by atoms with Gasteiger partial charge < -0.3 is 20.5 Å². The van der Waals surface area contributed by atoms with E-state index in [1.165, 1.54) is 7.11 Å². The lowest BCUT2D eigenvalue weighted by molar-refractivity contribution is -0.141. The summed E-state index contributed by atoms with van der Waals surface area (Å²) in [5.74, 6) is 0.167. The summed E-state index contributed by atoms with van der Waals surface area (Å²) in [5, 5.41) is 3.11. The number of esters is 1. The lowest BCUT2D eigenvalue weighted by Gasteiger charge is -2.20. The number of rotatable bonds is 5. The molecule has 0 radical (unpaired) electrons. The van der Waals surface area contributed by atoms with E-state index in [0.717, 1.165) is 5.56 Å². The third-order valence-corrected chi connectivity index (χ3v) is 3.16. The van der Waals surface area contributed by atoms with Crippen LogP contribution in [0.2, 0.25) is 0 Å². The van der Waals surface area contributed by atoms with Crippen LogP contribution in [0.15, 0.2) is 48.5 Å². The minimum absolute atomic E-state index is 0.386. The molecule has 2 aromatic carbocycles. The smallest absolute Gasteiger partial charge is 0.332 e. The molecule has 1 unspecified atom stereocenters. The number of para-hydroxylation sites is 1.